The molecule has 0 bridgehead atoms. The van der Waals surface area contributed by atoms with Gasteiger partial charge >= 0.3 is 0 Å². The number of carbonyl (C=O) groups excluding carboxylic acids is 2. The molecular formula is C19H24N4O2. The van der Waals surface area contributed by atoms with Crippen molar-refractivity contribution in [3.05, 3.63) is 47.2 Å². The molecule has 6 heteroatoms. The maximum Gasteiger partial charge on any atom is 0.243 e. The highest BCUT2D eigenvalue weighted by molar-refractivity contribution is 6.00. The molecule has 3 rings (SSSR count). The molecule has 25 heavy (non-hydrogen) atoms. The van der Waals surface area contributed by atoms with Gasteiger partial charge in [0.1, 0.15) is 11.9 Å². The van der Waals surface area contributed by atoms with Gasteiger partial charge in [-0.2, -0.15) is 5.10 Å². The predicted octanol–water partition coefficient (Wildman–Crippen LogP) is 2.33. The van der Waals surface area contributed by atoms with Crippen LogP contribution in [-0.2, 0) is 22.7 Å². The number of fused-ring (bicyclic) bond motifs is 1. The molecule has 1 N–H and O–H groups in total. The Kier molecular flexibility index (Phi) is 4.88. The van der Waals surface area contributed by atoms with Gasteiger partial charge in [-0.05, 0) is 31.4 Å². The monoisotopic (exact) mass is 340 g/mol. The summed E-state index contributed by atoms with van der Waals surface area (Å²) < 4.78 is 1.81. The third-order valence-electron chi connectivity index (χ3n) is 4.65. The molecule has 6 nitrogen and oxygen atoms in total. The quantitative estimate of drug-likeness (QED) is 0.908. The number of amides is 2. The molecule has 0 unspecified atom stereocenters. The lowest BCUT2D eigenvalue weighted by Gasteiger charge is -2.33. The van der Waals surface area contributed by atoms with Gasteiger partial charge in [-0.1, -0.05) is 31.2 Å². The summed E-state index contributed by atoms with van der Waals surface area (Å²) in [5, 5.41) is 7.39. The molecule has 0 aliphatic carbocycles. The van der Waals surface area contributed by atoms with E-state index in [9.17, 15) is 9.59 Å². The third kappa shape index (κ3) is 3.43. The van der Waals surface area contributed by atoms with Crippen LogP contribution < -0.4 is 10.2 Å². The number of aromatic nitrogens is 2. The average molecular weight is 340 g/mol. The van der Waals surface area contributed by atoms with E-state index >= 15 is 0 Å². The number of nitrogens with one attached hydrogen (secondary N) is 1. The van der Waals surface area contributed by atoms with Gasteiger partial charge in [-0.3, -0.25) is 14.5 Å². The minimum absolute atomic E-state index is 0.0229. The molecule has 1 aromatic carbocycles. The topological polar surface area (TPSA) is 67.2 Å². The summed E-state index contributed by atoms with van der Waals surface area (Å²) in [6, 6.07) is 9.31. The summed E-state index contributed by atoms with van der Waals surface area (Å²) in [6.07, 6.45) is 0.922. The standard InChI is InChI=1S/C19H24N4O2/c1-4-16(19(25)20-12-15-8-6-5-7-13(15)2)23-17-11-14(3)21-22(17)10-9-18(23)24/h5-8,11,16H,4,9-10,12H2,1-3H3,(H,20,25)/t16-/m1/s1. The second kappa shape index (κ2) is 7.09. The predicted molar refractivity (Wildman–Crippen MR) is 96.2 cm³/mol. The molecule has 0 saturated heterocycles. The second-order valence-electron chi connectivity index (χ2n) is 6.45. The number of rotatable bonds is 5. The summed E-state index contributed by atoms with van der Waals surface area (Å²) in [4.78, 5) is 26.9. The fourth-order valence-electron chi connectivity index (χ4n) is 3.27. The van der Waals surface area contributed by atoms with Crippen LogP contribution >= 0.6 is 0 Å². The van der Waals surface area contributed by atoms with Crippen molar-refractivity contribution >= 4 is 17.6 Å². The Morgan fingerprint density at radius 1 is 1.32 bits per heavy atom. The zero-order valence-electron chi connectivity index (χ0n) is 15.0. The van der Waals surface area contributed by atoms with E-state index in [1.807, 2.05) is 55.8 Å². The molecule has 0 fully saturated rings. The zero-order valence-corrected chi connectivity index (χ0v) is 15.0. The van der Waals surface area contributed by atoms with Crippen molar-refractivity contribution in [2.75, 3.05) is 4.90 Å². The van der Waals surface area contributed by atoms with Crippen LogP contribution in [0.1, 0.15) is 36.6 Å². The summed E-state index contributed by atoms with van der Waals surface area (Å²) in [5.74, 6) is 0.559. The molecule has 1 aromatic heterocycles. The maximum absolute atomic E-state index is 12.8. The first kappa shape index (κ1) is 17.2. The van der Waals surface area contributed by atoms with E-state index in [4.69, 9.17) is 0 Å². The molecule has 2 amide bonds. The van der Waals surface area contributed by atoms with E-state index in [-0.39, 0.29) is 11.8 Å². The van der Waals surface area contributed by atoms with Gasteiger partial charge < -0.3 is 5.32 Å². The maximum atomic E-state index is 12.8. The van der Waals surface area contributed by atoms with Crippen molar-refractivity contribution < 1.29 is 9.59 Å². The van der Waals surface area contributed by atoms with Crippen molar-refractivity contribution in [3.63, 3.8) is 0 Å². The number of anilines is 1. The highest BCUT2D eigenvalue weighted by Crippen LogP contribution is 2.26. The van der Waals surface area contributed by atoms with Gasteiger partial charge in [0.05, 0.1) is 12.2 Å². The minimum atomic E-state index is -0.522. The molecule has 0 saturated carbocycles. The Morgan fingerprint density at radius 3 is 2.80 bits per heavy atom. The van der Waals surface area contributed by atoms with E-state index < -0.39 is 6.04 Å². The zero-order chi connectivity index (χ0) is 18.0. The first-order valence-corrected chi connectivity index (χ1v) is 8.70. The summed E-state index contributed by atoms with van der Waals surface area (Å²) in [6.45, 7) is 6.87. The van der Waals surface area contributed by atoms with Crippen LogP contribution in [0.25, 0.3) is 0 Å². The van der Waals surface area contributed by atoms with Crippen molar-refractivity contribution in [1.29, 1.82) is 0 Å². The van der Waals surface area contributed by atoms with Crippen molar-refractivity contribution in [1.82, 2.24) is 15.1 Å². The fraction of sp³-hybridized carbons (Fsp3) is 0.421. The molecular weight excluding hydrogens is 316 g/mol. The first-order valence-electron chi connectivity index (χ1n) is 8.70. The molecule has 0 spiro atoms. The lowest BCUT2D eigenvalue weighted by molar-refractivity contribution is -0.127. The lowest BCUT2D eigenvalue weighted by atomic mass is 10.1. The number of hydrogen-bond acceptors (Lipinski definition) is 3. The number of nitrogens with zero attached hydrogens (tertiary/aromatic N) is 3. The fourth-order valence-corrected chi connectivity index (χ4v) is 3.27. The summed E-state index contributed by atoms with van der Waals surface area (Å²) in [7, 11) is 0. The molecule has 1 aliphatic rings. The highest BCUT2D eigenvalue weighted by Gasteiger charge is 2.34. The van der Waals surface area contributed by atoms with E-state index in [1.165, 1.54) is 0 Å². The molecule has 1 atom stereocenters. The van der Waals surface area contributed by atoms with E-state index in [1.54, 1.807) is 4.90 Å². The van der Waals surface area contributed by atoms with Crippen LogP contribution in [0, 0.1) is 13.8 Å². The van der Waals surface area contributed by atoms with Crippen LogP contribution in [0.5, 0.6) is 0 Å². The van der Waals surface area contributed by atoms with Crippen LogP contribution in [-0.4, -0.2) is 27.6 Å². The van der Waals surface area contributed by atoms with Crippen LogP contribution in [0.15, 0.2) is 30.3 Å². The van der Waals surface area contributed by atoms with E-state index in [0.29, 0.717) is 31.7 Å². The third-order valence-corrected chi connectivity index (χ3v) is 4.65. The van der Waals surface area contributed by atoms with Gasteiger partial charge in [0.15, 0.2) is 0 Å². The van der Waals surface area contributed by atoms with Crippen molar-refractivity contribution in [2.45, 2.75) is 52.7 Å². The molecule has 132 valence electrons. The lowest BCUT2D eigenvalue weighted by Crippen LogP contribution is -2.52. The Labute approximate surface area is 147 Å². The van der Waals surface area contributed by atoms with Crippen molar-refractivity contribution in [3.8, 4) is 0 Å². The number of hydrogen-bond donors (Lipinski definition) is 1. The smallest absolute Gasteiger partial charge is 0.243 e. The highest BCUT2D eigenvalue weighted by atomic mass is 16.2. The van der Waals surface area contributed by atoms with E-state index in [2.05, 4.69) is 10.4 Å². The average Bonchev–Trinajstić information content (AvgIpc) is 2.97. The van der Waals surface area contributed by atoms with Gasteiger partial charge in [-0.15, -0.1) is 0 Å². The normalized spacial score (nSPS) is 15.0. The van der Waals surface area contributed by atoms with Gasteiger partial charge in [0.25, 0.3) is 0 Å². The van der Waals surface area contributed by atoms with Crippen LogP contribution in [0.3, 0.4) is 0 Å². The number of aryl methyl sites for hydroxylation is 3. The molecule has 0 radical (unpaired) electrons. The van der Waals surface area contributed by atoms with Crippen LogP contribution in [0.4, 0.5) is 5.82 Å². The molecule has 2 heterocycles. The Morgan fingerprint density at radius 2 is 2.08 bits per heavy atom. The van der Waals surface area contributed by atoms with E-state index in [0.717, 1.165) is 16.8 Å². The largest absolute Gasteiger partial charge is 0.350 e. The summed E-state index contributed by atoms with van der Waals surface area (Å²) in [5.41, 5.74) is 3.07. The number of carbonyl (C=O) groups is 2. The SMILES string of the molecule is CC[C@H](C(=O)NCc1ccccc1C)N1C(=O)CCn2nc(C)cc21. The number of benzene rings is 1. The van der Waals surface area contributed by atoms with Gasteiger partial charge in [0, 0.05) is 19.0 Å². The Balaban J connectivity index is 1.78. The second-order valence-corrected chi connectivity index (χ2v) is 6.45. The van der Waals surface area contributed by atoms with Gasteiger partial charge in [-0.25, -0.2) is 4.68 Å². The minimum Gasteiger partial charge on any atom is -0.350 e. The van der Waals surface area contributed by atoms with Crippen molar-refractivity contribution in [2.24, 2.45) is 0 Å². The Hall–Kier alpha value is -2.63. The molecule has 1 aliphatic heterocycles. The Bertz CT molecular complexity index is 796. The summed E-state index contributed by atoms with van der Waals surface area (Å²) >= 11 is 0. The van der Waals surface area contributed by atoms with Gasteiger partial charge in [0.2, 0.25) is 11.8 Å². The molecule has 2 aromatic rings. The van der Waals surface area contributed by atoms with Crippen LogP contribution in [0.2, 0.25) is 0 Å². The first-order chi connectivity index (χ1) is 12.0.